The molecule has 1 fully saturated rings. The number of aromatic nitrogens is 1. The molecule has 58 heavy (non-hydrogen) atoms. The third-order valence-electron chi connectivity index (χ3n) is 12.7. The molecular weight excluding hydrogens is 815 g/mol. The lowest BCUT2D eigenvalue weighted by Crippen LogP contribution is -2.52. The summed E-state index contributed by atoms with van der Waals surface area (Å²) in [5.41, 5.74) is 3.54. The van der Waals surface area contributed by atoms with Gasteiger partial charge >= 0.3 is 0 Å². The van der Waals surface area contributed by atoms with E-state index in [-0.39, 0.29) is 60.2 Å². The molecule has 1 saturated heterocycles. The van der Waals surface area contributed by atoms with Gasteiger partial charge < -0.3 is 29.1 Å². The first-order valence-electron chi connectivity index (χ1n) is 19.7. The Kier molecular flexibility index (Phi) is 10.7. The molecule has 10 nitrogen and oxygen atoms in total. The summed E-state index contributed by atoms with van der Waals surface area (Å²) in [6.07, 6.45) is 1.76. The Bertz CT molecular complexity index is 2420. The fourth-order valence-electron chi connectivity index (χ4n) is 9.75. The molecule has 3 aliphatic heterocycles. The molecule has 2 amide bonds. The zero-order chi connectivity index (χ0) is 40.9. The molecule has 0 unspecified atom stereocenters. The van der Waals surface area contributed by atoms with Gasteiger partial charge in [0, 0.05) is 34.4 Å². The summed E-state index contributed by atoms with van der Waals surface area (Å²) < 4.78 is 20.4. The average Bonchev–Trinajstić information content (AvgIpc) is 3.66. The number of benzene rings is 4. The van der Waals surface area contributed by atoms with Crippen LogP contribution in [-0.4, -0.2) is 67.4 Å². The number of halogens is 1. The lowest BCUT2D eigenvalue weighted by molar-refractivity contribution is -0.151. The second-order valence-corrected chi connectivity index (χ2v) is 21.8. The molecule has 8 rings (SSSR count). The highest BCUT2D eigenvalue weighted by atomic mass is 79.9. The van der Waals surface area contributed by atoms with Crippen LogP contribution in [0.1, 0.15) is 35.6 Å². The van der Waals surface area contributed by atoms with E-state index < -0.39 is 19.8 Å². The highest BCUT2D eigenvalue weighted by molar-refractivity contribution is 9.10. The van der Waals surface area contributed by atoms with Gasteiger partial charge in [-0.15, -0.1) is 0 Å². The standard InChI is InChI=1S/C46H48BrN3O7Si/c1-29-43(58(4,5)37-19-17-36(55-2)18-20-37)41(25-42(52)49-27-32-10-7-6-9-31(32)23-35(49)28-51)57-46(29)38-24-33(47)14-21-39(38)50(45(46)54)26-30-12-15-34(16-13-30)48-22-8-11-40(56-3)44(48)53/h6-22,24,29,35,41,43,51H,23,25-28H2,1-5H3/t29-,35-,41+,43-,46+/m0/s1. The first-order valence-corrected chi connectivity index (χ1v) is 23.5. The van der Waals surface area contributed by atoms with Crippen LogP contribution in [0.4, 0.5) is 5.69 Å². The van der Waals surface area contributed by atoms with Crippen molar-refractivity contribution in [2.75, 3.05) is 25.7 Å². The number of carbonyl (C=O) groups is 2. The minimum absolute atomic E-state index is 0.0731. The molecule has 0 radical (unpaired) electrons. The van der Waals surface area contributed by atoms with Gasteiger partial charge in [-0.3, -0.25) is 19.0 Å². The number of hydrogen-bond acceptors (Lipinski definition) is 7. The third-order valence-corrected chi connectivity index (χ3v) is 17.6. The smallest absolute Gasteiger partial charge is 0.297 e. The van der Waals surface area contributed by atoms with Crippen molar-refractivity contribution in [3.05, 3.63) is 146 Å². The fraction of sp³-hybridized carbons (Fsp3) is 0.326. The molecule has 12 heteroatoms. The van der Waals surface area contributed by atoms with E-state index in [0.717, 1.165) is 38.2 Å². The molecule has 4 aromatic carbocycles. The van der Waals surface area contributed by atoms with E-state index in [1.54, 1.807) is 35.2 Å². The van der Waals surface area contributed by atoms with Crippen LogP contribution in [0.15, 0.2) is 119 Å². The zero-order valence-corrected chi connectivity index (χ0v) is 35.9. The molecule has 1 aromatic heterocycles. The van der Waals surface area contributed by atoms with Crippen molar-refractivity contribution in [3.8, 4) is 17.2 Å². The highest BCUT2D eigenvalue weighted by Gasteiger charge is 2.66. The topological polar surface area (TPSA) is 111 Å². The minimum Gasteiger partial charge on any atom is -0.497 e. The lowest BCUT2D eigenvalue weighted by atomic mass is 9.82. The van der Waals surface area contributed by atoms with Crippen LogP contribution in [-0.2, 0) is 39.4 Å². The highest BCUT2D eigenvalue weighted by Crippen LogP contribution is 2.60. The van der Waals surface area contributed by atoms with Gasteiger partial charge in [-0.1, -0.05) is 89.7 Å². The number of methoxy groups -OCH3 is 2. The molecule has 0 bridgehead atoms. The Hall–Kier alpha value is -5.01. The monoisotopic (exact) mass is 861 g/mol. The molecular formula is C46H48BrN3O7Si. The Morgan fingerprint density at radius 3 is 2.34 bits per heavy atom. The maximum atomic E-state index is 15.4. The number of rotatable bonds is 10. The number of amides is 2. The van der Waals surface area contributed by atoms with Gasteiger partial charge in [0.05, 0.1) is 59.7 Å². The van der Waals surface area contributed by atoms with Gasteiger partial charge in [0.1, 0.15) is 5.75 Å². The van der Waals surface area contributed by atoms with Crippen molar-refractivity contribution in [3.63, 3.8) is 0 Å². The summed E-state index contributed by atoms with van der Waals surface area (Å²) in [5, 5.41) is 11.7. The summed E-state index contributed by atoms with van der Waals surface area (Å²) >= 11 is 3.70. The SMILES string of the molecule is COc1ccc([Si](C)(C)[C@@H]2[C@@H](CC(=O)N3Cc4ccccc4C[C@H]3CO)O[C@]3(C(=O)N(Cc4ccc(-n5cccc(OC)c5=O)cc4)c4ccc(Br)cc43)[C@H]2C)cc1. The first-order chi connectivity index (χ1) is 27.9. The Morgan fingerprint density at radius 2 is 1.66 bits per heavy atom. The summed E-state index contributed by atoms with van der Waals surface area (Å²) in [7, 11) is 0.591. The Labute approximate surface area is 348 Å². The molecule has 0 saturated carbocycles. The van der Waals surface area contributed by atoms with E-state index in [4.69, 9.17) is 14.2 Å². The lowest BCUT2D eigenvalue weighted by Gasteiger charge is -2.39. The van der Waals surface area contributed by atoms with Gasteiger partial charge in [0.2, 0.25) is 5.91 Å². The quantitative estimate of drug-likeness (QED) is 0.156. The third kappa shape index (κ3) is 6.69. The second kappa shape index (κ2) is 15.6. The second-order valence-electron chi connectivity index (χ2n) is 16.2. The van der Waals surface area contributed by atoms with Gasteiger partial charge in [-0.05, 0) is 83.2 Å². The van der Waals surface area contributed by atoms with Crippen LogP contribution in [0, 0.1) is 5.92 Å². The van der Waals surface area contributed by atoms with Gasteiger partial charge in [0.15, 0.2) is 11.4 Å². The van der Waals surface area contributed by atoms with Crippen LogP contribution >= 0.6 is 15.9 Å². The largest absolute Gasteiger partial charge is 0.497 e. The van der Waals surface area contributed by atoms with Gasteiger partial charge in [0.25, 0.3) is 11.5 Å². The predicted octanol–water partition coefficient (Wildman–Crippen LogP) is 6.72. The number of pyridine rings is 1. The summed E-state index contributed by atoms with van der Waals surface area (Å²) in [5.74, 6) is 0.439. The molecule has 4 heterocycles. The molecule has 0 aliphatic carbocycles. The van der Waals surface area contributed by atoms with Crippen LogP contribution in [0.5, 0.6) is 11.5 Å². The summed E-state index contributed by atoms with van der Waals surface area (Å²) in [4.78, 5) is 46.5. The van der Waals surface area contributed by atoms with E-state index in [1.807, 2.05) is 72.8 Å². The number of aliphatic hydroxyl groups excluding tert-OH is 1. The number of carbonyl (C=O) groups excluding carboxylic acids is 2. The molecule has 300 valence electrons. The van der Waals surface area contributed by atoms with E-state index in [1.165, 1.54) is 16.9 Å². The van der Waals surface area contributed by atoms with Crippen LogP contribution in [0.3, 0.4) is 0 Å². The Balaban J connectivity index is 1.16. The van der Waals surface area contributed by atoms with Crippen molar-refractivity contribution >= 4 is 46.7 Å². The maximum absolute atomic E-state index is 15.4. The van der Waals surface area contributed by atoms with Gasteiger partial charge in [-0.25, -0.2) is 0 Å². The first kappa shape index (κ1) is 39.8. The van der Waals surface area contributed by atoms with Crippen LogP contribution < -0.4 is 25.1 Å². The van der Waals surface area contributed by atoms with Crippen molar-refractivity contribution in [2.45, 2.75) is 69.2 Å². The normalized spacial score (nSPS) is 22.6. The predicted molar refractivity (Wildman–Crippen MR) is 230 cm³/mol. The number of fused-ring (bicyclic) bond motifs is 3. The zero-order valence-electron chi connectivity index (χ0n) is 33.4. The van der Waals surface area contributed by atoms with Crippen LogP contribution in [0.25, 0.3) is 5.69 Å². The van der Waals surface area contributed by atoms with E-state index >= 15 is 4.79 Å². The summed E-state index contributed by atoms with van der Waals surface area (Å²) in [6.45, 7) is 7.26. The number of ether oxygens (including phenoxy) is 3. The van der Waals surface area contributed by atoms with E-state index in [0.29, 0.717) is 18.7 Å². The van der Waals surface area contributed by atoms with Crippen LogP contribution in [0.2, 0.25) is 18.6 Å². The van der Waals surface area contributed by atoms with Crippen molar-refractivity contribution in [1.82, 2.24) is 9.47 Å². The number of anilines is 1. The van der Waals surface area contributed by atoms with E-state index in [9.17, 15) is 14.7 Å². The van der Waals surface area contributed by atoms with Crippen molar-refractivity contribution < 1.29 is 28.9 Å². The number of nitrogens with zero attached hydrogens (tertiary/aromatic N) is 3. The molecule has 5 aromatic rings. The average molecular weight is 863 g/mol. The van der Waals surface area contributed by atoms with Gasteiger partial charge in [-0.2, -0.15) is 0 Å². The fourth-order valence-corrected chi connectivity index (χ4v) is 14.1. The minimum atomic E-state index is -2.53. The molecule has 1 N–H and O–H groups in total. The molecule has 1 spiro atoms. The molecule has 3 aliphatic rings. The van der Waals surface area contributed by atoms with Crippen molar-refractivity contribution in [1.29, 1.82) is 0 Å². The summed E-state index contributed by atoms with van der Waals surface area (Å²) in [6, 6.07) is 32.8. The van der Waals surface area contributed by atoms with E-state index in [2.05, 4.69) is 54.1 Å². The molecule has 5 atom stereocenters. The maximum Gasteiger partial charge on any atom is 0.297 e. The Morgan fingerprint density at radius 1 is 0.931 bits per heavy atom. The number of hydrogen-bond donors (Lipinski definition) is 1. The van der Waals surface area contributed by atoms with Crippen molar-refractivity contribution in [2.24, 2.45) is 5.92 Å². The number of aliphatic hydroxyl groups is 1.